The molecule has 1 spiro atoms. The third kappa shape index (κ3) is 2.19. The molecule has 2 aromatic rings. The summed E-state index contributed by atoms with van der Waals surface area (Å²) in [5.41, 5.74) is 6.50. The first-order chi connectivity index (χ1) is 14.9. The van der Waals surface area contributed by atoms with Crippen LogP contribution in [-0.2, 0) is 18.3 Å². The van der Waals surface area contributed by atoms with Crippen LogP contribution in [0.3, 0.4) is 0 Å². The minimum Gasteiger partial charge on any atom is -0.504 e. The number of benzene rings is 1. The number of likely N-dealkylation sites (tertiary alicyclic amines) is 1. The zero-order chi connectivity index (χ0) is 21.7. The van der Waals surface area contributed by atoms with Crippen LogP contribution in [0.1, 0.15) is 64.8 Å². The van der Waals surface area contributed by atoms with Gasteiger partial charge in [-0.3, -0.25) is 4.79 Å². The highest BCUT2D eigenvalue weighted by Crippen LogP contribution is 2.67. The smallest absolute Gasteiger partial charge is 0.270 e. The molecule has 4 atom stereocenters. The third-order valence-corrected chi connectivity index (χ3v) is 8.75. The summed E-state index contributed by atoms with van der Waals surface area (Å²) in [5.74, 6) is 1.40. The van der Waals surface area contributed by atoms with E-state index in [1.54, 1.807) is 6.07 Å². The van der Waals surface area contributed by atoms with Gasteiger partial charge in [0.2, 0.25) is 0 Å². The van der Waals surface area contributed by atoms with Crippen LogP contribution in [0.2, 0.25) is 0 Å². The van der Waals surface area contributed by atoms with E-state index in [1.807, 2.05) is 18.7 Å². The number of phenolic OH excluding ortho intramolecular Hbond substituents is 1. The maximum atomic E-state index is 13.3. The molecule has 6 rings (SSSR count). The molecule has 2 N–H and O–H groups in total. The molecule has 164 valence electrons. The lowest BCUT2D eigenvalue weighted by Crippen LogP contribution is -2.62. The molecule has 2 aliphatic carbocycles. The average molecular weight is 422 g/mol. The molecule has 1 fully saturated rings. The van der Waals surface area contributed by atoms with Crippen LogP contribution in [0.25, 0.3) is 0 Å². The SMILES string of the molecule is CCN(CC)C(=O)c1[nH]c2c(c1C)C[C@H]1[C@@H]3Cc4ccc(O)c5c4[C@@]1(CCN3C)[C@H]2O5. The van der Waals surface area contributed by atoms with Gasteiger partial charge >= 0.3 is 0 Å². The fourth-order valence-corrected chi connectivity index (χ4v) is 7.17. The quantitative estimate of drug-likeness (QED) is 0.798. The van der Waals surface area contributed by atoms with Gasteiger partial charge in [-0.05, 0) is 82.3 Å². The number of nitrogens with zero attached hydrogens (tertiary/aromatic N) is 2. The summed E-state index contributed by atoms with van der Waals surface area (Å²) < 4.78 is 6.61. The summed E-state index contributed by atoms with van der Waals surface area (Å²) >= 11 is 0. The standard InChI is InChI=1S/C25H31N3O3/c1-5-28(6-2)24(30)20-13(3)15-12-16-17-11-14-7-8-18(29)22-19(14)25(16,9-10-27(17)4)23(31-22)21(15)26-20/h7-8,16-17,23,26,29H,5-6,9-12H2,1-4H3/t16-,17-,23-,25-/m0/s1. The summed E-state index contributed by atoms with van der Waals surface area (Å²) in [6.45, 7) is 8.54. The number of aromatic hydroxyl groups is 1. The number of hydrogen-bond acceptors (Lipinski definition) is 4. The molecule has 31 heavy (non-hydrogen) atoms. The topological polar surface area (TPSA) is 68.8 Å². The number of fused-ring (bicyclic) bond motifs is 2. The molecule has 0 saturated carbocycles. The van der Waals surface area contributed by atoms with E-state index >= 15 is 0 Å². The summed E-state index contributed by atoms with van der Waals surface area (Å²) in [5, 5.41) is 10.7. The average Bonchev–Trinajstić information content (AvgIpc) is 3.28. The molecule has 6 nitrogen and oxygen atoms in total. The van der Waals surface area contributed by atoms with Gasteiger partial charge in [-0.2, -0.15) is 0 Å². The number of aromatic nitrogens is 1. The lowest BCUT2D eigenvalue weighted by Gasteiger charge is -2.57. The van der Waals surface area contributed by atoms with E-state index < -0.39 is 0 Å². The normalized spacial score (nSPS) is 29.9. The number of hydrogen-bond donors (Lipinski definition) is 2. The molecule has 2 aliphatic heterocycles. The van der Waals surface area contributed by atoms with Crippen LogP contribution in [0.5, 0.6) is 11.5 Å². The molecule has 1 aromatic heterocycles. The van der Waals surface area contributed by atoms with Crippen LogP contribution in [0.4, 0.5) is 0 Å². The maximum Gasteiger partial charge on any atom is 0.270 e. The molecule has 2 bridgehead atoms. The number of H-pyrrole nitrogens is 1. The van der Waals surface area contributed by atoms with Crippen molar-refractivity contribution in [1.29, 1.82) is 0 Å². The minimum atomic E-state index is -0.170. The molecule has 6 heteroatoms. The van der Waals surface area contributed by atoms with Crippen molar-refractivity contribution >= 4 is 5.91 Å². The summed E-state index contributed by atoms with van der Waals surface area (Å²) in [6, 6.07) is 4.33. The highest BCUT2D eigenvalue weighted by Gasteiger charge is 2.65. The van der Waals surface area contributed by atoms with Gasteiger partial charge in [-0.15, -0.1) is 0 Å². The zero-order valence-corrected chi connectivity index (χ0v) is 18.8. The Morgan fingerprint density at radius 1 is 1.32 bits per heavy atom. The molecule has 1 amide bonds. The monoisotopic (exact) mass is 421 g/mol. The van der Waals surface area contributed by atoms with Crippen molar-refractivity contribution in [3.8, 4) is 11.5 Å². The van der Waals surface area contributed by atoms with Crippen molar-refractivity contribution < 1.29 is 14.6 Å². The summed E-state index contributed by atoms with van der Waals surface area (Å²) in [4.78, 5) is 21.2. The van der Waals surface area contributed by atoms with Gasteiger partial charge in [0.25, 0.3) is 5.91 Å². The fourth-order valence-electron chi connectivity index (χ4n) is 7.17. The number of nitrogens with one attached hydrogen (secondary N) is 1. The Hall–Kier alpha value is -2.47. The predicted octanol–water partition coefficient (Wildman–Crippen LogP) is 3.31. The van der Waals surface area contributed by atoms with Crippen LogP contribution in [-0.4, -0.2) is 58.5 Å². The van der Waals surface area contributed by atoms with E-state index in [0.717, 1.165) is 37.1 Å². The van der Waals surface area contributed by atoms with Gasteiger partial charge in [0.05, 0.1) is 5.69 Å². The number of ether oxygens (including phenoxy) is 1. The van der Waals surface area contributed by atoms with Crippen LogP contribution in [0, 0.1) is 12.8 Å². The Bertz CT molecular complexity index is 1100. The van der Waals surface area contributed by atoms with E-state index in [9.17, 15) is 9.90 Å². The molecule has 1 saturated heterocycles. The van der Waals surface area contributed by atoms with Crippen LogP contribution in [0.15, 0.2) is 12.1 Å². The molecule has 0 radical (unpaired) electrons. The van der Waals surface area contributed by atoms with Crippen molar-refractivity contribution in [2.75, 3.05) is 26.7 Å². The Balaban J connectivity index is 1.56. The van der Waals surface area contributed by atoms with Crippen molar-refractivity contribution in [3.63, 3.8) is 0 Å². The second-order valence-corrected chi connectivity index (χ2v) is 9.79. The summed E-state index contributed by atoms with van der Waals surface area (Å²) in [6.07, 6.45) is 2.78. The zero-order valence-electron chi connectivity index (χ0n) is 18.8. The van der Waals surface area contributed by atoms with Gasteiger partial charge in [0.1, 0.15) is 11.8 Å². The van der Waals surface area contributed by atoms with Crippen molar-refractivity contribution in [3.05, 3.63) is 45.8 Å². The second-order valence-electron chi connectivity index (χ2n) is 9.79. The lowest BCUT2D eigenvalue weighted by atomic mass is 9.51. The van der Waals surface area contributed by atoms with E-state index in [0.29, 0.717) is 36.5 Å². The number of phenols is 1. The van der Waals surface area contributed by atoms with E-state index in [1.165, 1.54) is 16.7 Å². The van der Waals surface area contributed by atoms with Gasteiger partial charge in [0.15, 0.2) is 11.5 Å². The van der Waals surface area contributed by atoms with Crippen molar-refractivity contribution in [2.24, 2.45) is 5.92 Å². The number of piperidine rings is 1. The largest absolute Gasteiger partial charge is 0.504 e. The highest BCUT2D eigenvalue weighted by atomic mass is 16.5. The first kappa shape index (κ1) is 19.2. The van der Waals surface area contributed by atoms with Gasteiger partial charge in [-0.25, -0.2) is 0 Å². The first-order valence-electron chi connectivity index (χ1n) is 11.6. The molecule has 0 unspecified atom stereocenters. The molecule has 4 aliphatic rings. The molecular formula is C25H31N3O3. The van der Waals surface area contributed by atoms with E-state index in [-0.39, 0.29) is 23.2 Å². The maximum absolute atomic E-state index is 13.3. The Morgan fingerprint density at radius 2 is 2.10 bits per heavy atom. The fraction of sp³-hybridized carbons (Fsp3) is 0.560. The Kier molecular flexibility index (Phi) is 3.90. The minimum absolute atomic E-state index is 0.0662. The first-order valence-corrected chi connectivity index (χ1v) is 11.6. The van der Waals surface area contributed by atoms with Crippen molar-refractivity contribution in [2.45, 2.75) is 57.6 Å². The number of carbonyl (C=O) groups excluding carboxylic acids is 1. The number of likely N-dealkylation sites (N-methyl/N-ethyl adjacent to an activating group) is 1. The Labute approximate surface area is 183 Å². The molecule has 1 aromatic carbocycles. The van der Waals surface area contributed by atoms with Gasteiger partial charge in [0, 0.05) is 30.1 Å². The van der Waals surface area contributed by atoms with E-state index in [4.69, 9.17) is 4.74 Å². The number of carbonyl (C=O) groups is 1. The second kappa shape index (κ2) is 6.28. The summed E-state index contributed by atoms with van der Waals surface area (Å²) in [7, 11) is 2.24. The highest BCUT2D eigenvalue weighted by molar-refractivity contribution is 5.94. The number of aromatic amines is 1. The molecule has 3 heterocycles. The van der Waals surface area contributed by atoms with Crippen LogP contribution >= 0.6 is 0 Å². The van der Waals surface area contributed by atoms with Gasteiger partial charge in [-0.1, -0.05) is 6.07 Å². The molecular weight excluding hydrogens is 390 g/mol. The Morgan fingerprint density at radius 3 is 2.84 bits per heavy atom. The number of amides is 1. The van der Waals surface area contributed by atoms with Crippen molar-refractivity contribution in [1.82, 2.24) is 14.8 Å². The van der Waals surface area contributed by atoms with E-state index in [2.05, 4.69) is 29.9 Å². The van der Waals surface area contributed by atoms with Crippen LogP contribution < -0.4 is 4.74 Å². The van der Waals surface area contributed by atoms with Gasteiger partial charge < -0.3 is 24.6 Å². The number of rotatable bonds is 3. The predicted molar refractivity (Wildman–Crippen MR) is 118 cm³/mol. The lowest BCUT2D eigenvalue weighted by molar-refractivity contribution is -0.0256. The third-order valence-electron chi connectivity index (χ3n) is 8.75.